The van der Waals surface area contributed by atoms with Crippen LogP contribution in [-0.4, -0.2) is 75.2 Å². The van der Waals surface area contributed by atoms with Crippen LogP contribution >= 0.6 is 11.3 Å². The number of nitrogens with zero attached hydrogens (tertiary/aromatic N) is 5. The highest BCUT2D eigenvalue weighted by Crippen LogP contribution is 2.31. The average Bonchev–Trinajstić information content (AvgIpc) is 3.46. The number of hydrogen-bond acceptors (Lipinski definition) is 10. The van der Waals surface area contributed by atoms with Gasteiger partial charge in [0.2, 0.25) is 17.8 Å². The minimum atomic E-state index is -0.210. The number of hydrogen-bond donors (Lipinski definition) is 2. The Morgan fingerprint density at radius 3 is 2.47 bits per heavy atom. The summed E-state index contributed by atoms with van der Waals surface area (Å²) in [7, 11) is 0. The van der Waals surface area contributed by atoms with Crippen molar-refractivity contribution in [1.29, 1.82) is 0 Å². The summed E-state index contributed by atoms with van der Waals surface area (Å²) in [6.07, 6.45) is 4.27. The van der Waals surface area contributed by atoms with E-state index in [2.05, 4.69) is 16.3 Å². The highest BCUT2D eigenvalue weighted by Gasteiger charge is 2.30. The smallest absolute Gasteiger partial charge is 0.234 e. The van der Waals surface area contributed by atoms with E-state index in [1.807, 2.05) is 12.1 Å². The van der Waals surface area contributed by atoms with Crippen molar-refractivity contribution in [3.8, 4) is 0 Å². The van der Waals surface area contributed by atoms with E-state index in [1.54, 1.807) is 17.4 Å². The molecular weight excluding hydrogens is 504 g/mol. The largest absolute Gasteiger partial charge is 0.393 e. The number of thiazole rings is 1. The lowest BCUT2D eigenvalue weighted by Gasteiger charge is -2.27. The number of aliphatic hydroxyl groups is 1. The number of fused-ring (bicyclic) bond motifs is 1. The number of aliphatic hydroxyl groups excluding tert-OH is 1. The second kappa shape index (κ2) is 11.0. The molecule has 3 aromatic rings. The summed E-state index contributed by atoms with van der Waals surface area (Å²) in [5.74, 6) is 0.322. The Balaban J connectivity index is 1.24. The van der Waals surface area contributed by atoms with Crippen LogP contribution < -0.4 is 10.2 Å². The van der Waals surface area contributed by atoms with E-state index < -0.39 is 0 Å². The minimum Gasteiger partial charge on any atom is -0.393 e. The number of ether oxygens (including phenoxy) is 1. The molecule has 2 saturated heterocycles. The van der Waals surface area contributed by atoms with Gasteiger partial charge in [-0.2, -0.15) is 0 Å². The molecule has 3 aliphatic rings. The number of carbonyl (C=O) groups is 2. The summed E-state index contributed by atoms with van der Waals surface area (Å²) in [5.41, 5.74) is 3.31. The van der Waals surface area contributed by atoms with Gasteiger partial charge in [-0.05, 0) is 49.9 Å². The van der Waals surface area contributed by atoms with Crippen molar-refractivity contribution in [2.75, 3.05) is 36.5 Å². The van der Waals surface area contributed by atoms with Gasteiger partial charge < -0.3 is 15.2 Å². The summed E-state index contributed by atoms with van der Waals surface area (Å²) in [6.45, 7) is 3.96. The summed E-state index contributed by atoms with van der Waals surface area (Å²) >= 11 is 1.55. The van der Waals surface area contributed by atoms with Gasteiger partial charge in [-0.3, -0.25) is 19.4 Å². The molecule has 10 nitrogen and oxygen atoms in total. The standard InChI is InChI=1S/C27H32N6O4S/c34-21-4-1-17(2-5-21)28-27-29-18(13-19(30-27)16-32-9-11-37-12-10-32)14-24-31-22-6-3-20(15-23(22)38-24)33-25(35)7-8-26(33)36/h3,6,13,15,17,21,34H,1-2,4-5,7-12,14,16H2,(H,28,29,30). The number of carbonyl (C=O) groups excluding carboxylic acids is 2. The van der Waals surface area contributed by atoms with Crippen molar-refractivity contribution in [2.24, 2.45) is 0 Å². The fourth-order valence-electron chi connectivity index (χ4n) is 5.38. The molecule has 11 heteroatoms. The molecule has 0 bridgehead atoms. The monoisotopic (exact) mass is 536 g/mol. The van der Waals surface area contributed by atoms with Crippen LogP contribution in [0.15, 0.2) is 24.3 Å². The first kappa shape index (κ1) is 25.3. The third-order valence-electron chi connectivity index (χ3n) is 7.41. The first-order chi connectivity index (χ1) is 18.5. The zero-order chi connectivity index (χ0) is 26.1. The van der Waals surface area contributed by atoms with Crippen LogP contribution in [0.4, 0.5) is 11.6 Å². The Labute approximate surface area is 225 Å². The lowest BCUT2D eigenvalue weighted by molar-refractivity contribution is -0.121. The lowest BCUT2D eigenvalue weighted by atomic mass is 9.93. The van der Waals surface area contributed by atoms with Gasteiger partial charge in [0.25, 0.3) is 0 Å². The van der Waals surface area contributed by atoms with E-state index in [0.29, 0.717) is 18.1 Å². The second-order valence-corrected chi connectivity index (χ2v) is 11.4. The predicted molar refractivity (Wildman–Crippen MR) is 144 cm³/mol. The van der Waals surface area contributed by atoms with Crippen molar-refractivity contribution in [1.82, 2.24) is 19.9 Å². The van der Waals surface area contributed by atoms with Crippen molar-refractivity contribution in [3.63, 3.8) is 0 Å². The Hall–Kier alpha value is -2.99. The van der Waals surface area contributed by atoms with E-state index in [9.17, 15) is 14.7 Å². The molecule has 6 rings (SSSR count). The molecule has 38 heavy (non-hydrogen) atoms. The van der Waals surface area contributed by atoms with Crippen molar-refractivity contribution < 1.29 is 19.4 Å². The first-order valence-corrected chi connectivity index (χ1v) is 14.2. The van der Waals surface area contributed by atoms with Crippen LogP contribution in [-0.2, 0) is 27.3 Å². The van der Waals surface area contributed by atoms with Gasteiger partial charge in [0, 0.05) is 44.9 Å². The number of aromatic nitrogens is 3. The van der Waals surface area contributed by atoms with Crippen molar-refractivity contribution >= 4 is 45.0 Å². The molecule has 0 atom stereocenters. The van der Waals surface area contributed by atoms with E-state index >= 15 is 0 Å². The Morgan fingerprint density at radius 2 is 1.71 bits per heavy atom. The van der Waals surface area contributed by atoms with Gasteiger partial charge in [-0.1, -0.05) is 0 Å². The van der Waals surface area contributed by atoms with E-state index in [4.69, 9.17) is 19.7 Å². The lowest BCUT2D eigenvalue weighted by Crippen LogP contribution is -2.36. The van der Waals surface area contributed by atoms with Crippen LogP contribution in [0.3, 0.4) is 0 Å². The highest BCUT2D eigenvalue weighted by molar-refractivity contribution is 7.18. The molecule has 2 aliphatic heterocycles. The van der Waals surface area contributed by atoms with Crippen LogP contribution in [0.2, 0.25) is 0 Å². The normalized spacial score (nSPS) is 22.9. The highest BCUT2D eigenvalue weighted by atomic mass is 32.1. The Morgan fingerprint density at radius 1 is 0.974 bits per heavy atom. The quantitative estimate of drug-likeness (QED) is 0.439. The first-order valence-electron chi connectivity index (χ1n) is 13.4. The van der Waals surface area contributed by atoms with Crippen molar-refractivity contribution in [2.45, 2.75) is 63.6 Å². The number of benzene rings is 1. The van der Waals surface area contributed by atoms with Gasteiger partial charge in [-0.15, -0.1) is 11.3 Å². The van der Waals surface area contributed by atoms with Crippen molar-refractivity contribution in [3.05, 3.63) is 40.7 Å². The average molecular weight is 537 g/mol. The molecule has 0 unspecified atom stereocenters. The SMILES string of the molecule is O=C1CCC(=O)N1c1ccc2nc(Cc3cc(CN4CCOCC4)nc(NC4CCC(O)CC4)n3)sc2c1. The van der Waals surface area contributed by atoms with Gasteiger partial charge in [0.05, 0.1) is 51.6 Å². The third-order valence-corrected chi connectivity index (χ3v) is 8.43. The fraction of sp³-hybridized carbons (Fsp3) is 0.519. The summed E-state index contributed by atoms with van der Waals surface area (Å²) < 4.78 is 6.44. The molecule has 200 valence electrons. The number of anilines is 2. The number of imide groups is 1. The van der Waals surface area contributed by atoms with Crippen LogP contribution in [0, 0.1) is 0 Å². The molecule has 3 fully saturated rings. The van der Waals surface area contributed by atoms with E-state index in [-0.39, 0.29) is 36.8 Å². The maximum Gasteiger partial charge on any atom is 0.234 e. The molecular formula is C27H32N6O4S. The Bertz CT molecular complexity index is 1320. The maximum absolute atomic E-state index is 12.2. The van der Waals surface area contributed by atoms with Gasteiger partial charge in [0.1, 0.15) is 0 Å². The van der Waals surface area contributed by atoms with Crippen LogP contribution in [0.25, 0.3) is 10.2 Å². The molecule has 2 N–H and O–H groups in total. The van der Waals surface area contributed by atoms with E-state index in [0.717, 1.165) is 85.1 Å². The molecule has 1 aromatic carbocycles. The molecule has 2 amide bonds. The number of rotatable bonds is 7. The predicted octanol–water partition coefficient (Wildman–Crippen LogP) is 2.88. The van der Waals surface area contributed by atoms with Gasteiger partial charge >= 0.3 is 0 Å². The fourth-order valence-corrected chi connectivity index (χ4v) is 6.39. The summed E-state index contributed by atoms with van der Waals surface area (Å²) in [4.78, 5) is 42.5. The molecule has 1 aliphatic carbocycles. The van der Waals surface area contributed by atoms with Crippen LogP contribution in [0.1, 0.15) is 54.9 Å². The number of amides is 2. The molecule has 0 spiro atoms. The summed E-state index contributed by atoms with van der Waals surface area (Å²) in [5, 5.41) is 14.3. The third kappa shape index (κ3) is 5.70. The number of nitrogens with one attached hydrogen (secondary N) is 1. The number of morpholine rings is 1. The molecule has 2 aromatic heterocycles. The molecule has 0 radical (unpaired) electrons. The second-order valence-electron chi connectivity index (χ2n) is 10.3. The minimum absolute atomic E-state index is 0.152. The molecule has 1 saturated carbocycles. The van der Waals surface area contributed by atoms with Gasteiger partial charge in [-0.25, -0.2) is 15.0 Å². The van der Waals surface area contributed by atoms with E-state index in [1.165, 1.54) is 4.90 Å². The zero-order valence-electron chi connectivity index (χ0n) is 21.3. The zero-order valence-corrected chi connectivity index (χ0v) is 22.1. The summed E-state index contributed by atoms with van der Waals surface area (Å²) in [6, 6.07) is 7.86. The maximum atomic E-state index is 12.2. The Kier molecular flexibility index (Phi) is 7.33. The van der Waals surface area contributed by atoms with Gasteiger partial charge in [0.15, 0.2) is 0 Å². The molecule has 4 heterocycles. The topological polar surface area (TPSA) is 121 Å². The van der Waals surface area contributed by atoms with Crippen LogP contribution in [0.5, 0.6) is 0 Å².